The van der Waals surface area contributed by atoms with E-state index >= 15 is 0 Å². The molecule has 0 bridgehead atoms. The van der Waals surface area contributed by atoms with E-state index in [-0.39, 0.29) is 4.90 Å². The van der Waals surface area contributed by atoms with Gasteiger partial charge in [-0.15, -0.1) is 0 Å². The van der Waals surface area contributed by atoms with Crippen LogP contribution in [0.5, 0.6) is 0 Å². The molecule has 4 N–H and O–H groups in total. The highest BCUT2D eigenvalue weighted by molar-refractivity contribution is 7.89. The van der Waals surface area contributed by atoms with Gasteiger partial charge in [0.25, 0.3) is 0 Å². The van der Waals surface area contributed by atoms with E-state index in [0.29, 0.717) is 37.5 Å². The van der Waals surface area contributed by atoms with E-state index in [9.17, 15) is 8.42 Å². The van der Waals surface area contributed by atoms with Crippen molar-refractivity contribution in [2.24, 2.45) is 5.14 Å². The van der Waals surface area contributed by atoms with Crippen molar-refractivity contribution in [3.05, 3.63) is 18.2 Å². The maximum absolute atomic E-state index is 11.4. The predicted molar refractivity (Wildman–Crippen MR) is 76.5 cm³/mol. The van der Waals surface area contributed by atoms with Crippen molar-refractivity contribution in [3.63, 3.8) is 0 Å². The summed E-state index contributed by atoms with van der Waals surface area (Å²) in [6.07, 6.45) is 0.309. The van der Waals surface area contributed by atoms with Gasteiger partial charge in [0, 0.05) is 31.6 Å². The van der Waals surface area contributed by atoms with E-state index in [1.807, 2.05) is 11.0 Å². The Morgan fingerprint density at radius 2 is 2.05 bits per heavy atom. The number of hydrogen-bond donors (Lipinski definition) is 2. The first-order valence-corrected chi connectivity index (χ1v) is 7.47. The molecule has 20 heavy (non-hydrogen) atoms. The first kappa shape index (κ1) is 16.2. The quantitative estimate of drug-likeness (QED) is 0.697. The maximum atomic E-state index is 11.4. The zero-order valence-corrected chi connectivity index (χ0v) is 12.1. The number of ether oxygens (including phenoxy) is 1. The molecule has 0 aliphatic heterocycles. The SMILES string of the molecule is COCCN(CCC#N)c1cc(N)cc(S(N)(=O)=O)c1. The number of rotatable bonds is 7. The average molecular weight is 298 g/mol. The molecule has 8 heteroatoms. The van der Waals surface area contributed by atoms with Gasteiger partial charge in [0.15, 0.2) is 0 Å². The zero-order chi connectivity index (χ0) is 15.2. The van der Waals surface area contributed by atoms with E-state index in [1.165, 1.54) is 12.1 Å². The molecule has 110 valence electrons. The molecule has 0 amide bonds. The molecule has 0 fully saturated rings. The number of nitrogens with two attached hydrogens (primary N) is 2. The molecular weight excluding hydrogens is 280 g/mol. The van der Waals surface area contributed by atoms with Gasteiger partial charge in [-0.25, -0.2) is 13.6 Å². The minimum absolute atomic E-state index is 0.0492. The molecule has 0 heterocycles. The number of nitriles is 1. The molecule has 0 aliphatic rings. The van der Waals surface area contributed by atoms with E-state index in [1.54, 1.807) is 13.2 Å². The molecule has 0 saturated carbocycles. The van der Waals surface area contributed by atoms with Crippen LogP contribution in [-0.4, -0.2) is 35.2 Å². The Morgan fingerprint density at radius 1 is 1.35 bits per heavy atom. The summed E-state index contributed by atoms with van der Waals surface area (Å²) in [5, 5.41) is 13.8. The lowest BCUT2D eigenvalue weighted by Crippen LogP contribution is -2.28. The molecular formula is C12H18N4O3S. The van der Waals surface area contributed by atoms with Crippen LogP contribution in [0.25, 0.3) is 0 Å². The molecule has 0 aromatic heterocycles. The molecule has 7 nitrogen and oxygen atoms in total. The van der Waals surface area contributed by atoms with Crippen LogP contribution >= 0.6 is 0 Å². The van der Waals surface area contributed by atoms with E-state index in [4.69, 9.17) is 20.9 Å². The van der Waals surface area contributed by atoms with Crippen molar-refractivity contribution >= 4 is 21.4 Å². The highest BCUT2D eigenvalue weighted by Crippen LogP contribution is 2.23. The summed E-state index contributed by atoms with van der Waals surface area (Å²) in [5.41, 5.74) is 6.60. The largest absolute Gasteiger partial charge is 0.399 e. The van der Waals surface area contributed by atoms with Gasteiger partial charge in [-0.2, -0.15) is 5.26 Å². The van der Waals surface area contributed by atoms with Crippen LogP contribution in [-0.2, 0) is 14.8 Å². The predicted octanol–water partition coefficient (Wildman–Crippen LogP) is 0.283. The molecule has 0 unspecified atom stereocenters. The van der Waals surface area contributed by atoms with E-state index < -0.39 is 10.0 Å². The summed E-state index contributed by atoms with van der Waals surface area (Å²) >= 11 is 0. The number of primary sulfonamides is 1. The zero-order valence-electron chi connectivity index (χ0n) is 11.2. The molecule has 0 spiro atoms. The lowest BCUT2D eigenvalue weighted by Gasteiger charge is -2.24. The standard InChI is InChI=1S/C12H18N4O3S/c1-19-6-5-16(4-2-3-13)11-7-10(14)8-12(9-11)20(15,17)18/h7-9H,2,4-6,14H2,1H3,(H2,15,17,18). The first-order chi connectivity index (χ1) is 9.38. The highest BCUT2D eigenvalue weighted by atomic mass is 32.2. The van der Waals surface area contributed by atoms with Gasteiger partial charge < -0.3 is 15.4 Å². The Balaban J connectivity index is 3.12. The molecule has 1 aromatic carbocycles. The van der Waals surface area contributed by atoms with E-state index in [0.717, 1.165) is 0 Å². The number of benzene rings is 1. The third-order valence-corrected chi connectivity index (χ3v) is 3.56. The Bertz CT molecular complexity index is 595. The van der Waals surface area contributed by atoms with Crippen LogP contribution in [0, 0.1) is 11.3 Å². The number of sulfonamides is 1. The average Bonchev–Trinajstić information content (AvgIpc) is 2.37. The number of hydrogen-bond acceptors (Lipinski definition) is 6. The van der Waals surface area contributed by atoms with Crippen LogP contribution in [0.2, 0.25) is 0 Å². The molecule has 0 aliphatic carbocycles. The van der Waals surface area contributed by atoms with Crippen LogP contribution in [0.15, 0.2) is 23.1 Å². The van der Waals surface area contributed by atoms with Crippen molar-refractivity contribution in [2.75, 3.05) is 37.4 Å². The number of nitrogen functional groups attached to an aromatic ring is 1. The van der Waals surface area contributed by atoms with Gasteiger partial charge in [0.2, 0.25) is 10.0 Å². The Hall–Kier alpha value is -1.82. The highest BCUT2D eigenvalue weighted by Gasteiger charge is 2.13. The third-order valence-electron chi connectivity index (χ3n) is 2.67. The summed E-state index contributed by atoms with van der Waals surface area (Å²) in [6, 6.07) is 6.43. The Kier molecular flexibility index (Phi) is 5.76. The number of methoxy groups -OCH3 is 1. The van der Waals surface area contributed by atoms with E-state index in [2.05, 4.69) is 0 Å². The molecule has 0 radical (unpaired) electrons. The summed E-state index contributed by atoms with van der Waals surface area (Å²) in [4.78, 5) is 1.78. The van der Waals surface area contributed by atoms with Gasteiger partial charge >= 0.3 is 0 Å². The first-order valence-electron chi connectivity index (χ1n) is 5.92. The van der Waals surface area contributed by atoms with Crippen molar-refractivity contribution < 1.29 is 13.2 Å². The van der Waals surface area contributed by atoms with Gasteiger partial charge in [0.05, 0.1) is 24.0 Å². The fourth-order valence-corrected chi connectivity index (χ4v) is 2.29. The van der Waals surface area contributed by atoms with Crippen molar-refractivity contribution in [3.8, 4) is 6.07 Å². The maximum Gasteiger partial charge on any atom is 0.238 e. The third kappa shape index (κ3) is 4.70. The minimum Gasteiger partial charge on any atom is -0.399 e. The second-order valence-corrected chi connectivity index (χ2v) is 5.75. The second kappa shape index (κ2) is 7.09. The normalized spacial score (nSPS) is 11.1. The number of nitrogens with zero attached hydrogens (tertiary/aromatic N) is 2. The van der Waals surface area contributed by atoms with Crippen molar-refractivity contribution in [1.29, 1.82) is 5.26 Å². The smallest absolute Gasteiger partial charge is 0.238 e. The van der Waals surface area contributed by atoms with Crippen molar-refractivity contribution in [1.82, 2.24) is 0 Å². The summed E-state index contributed by atoms with van der Waals surface area (Å²) in [7, 11) is -2.26. The van der Waals surface area contributed by atoms with Gasteiger partial charge in [-0.05, 0) is 18.2 Å². The number of anilines is 2. The van der Waals surface area contributed by atoms with Crippen molar-refractivity contribution in [2.45, 2.75) is 11.3 Å². The summed E-state index contributed by atoms with van der Waals surface area (Å²) in [5.74, 6) is 0. The molecule has 0 saturated heterocycles. The fourth-order valence-electron chi connectivity index (χ4n) is 1.71. The minimum atomic E-state index is -3.83. The summed E-state index contributed by atoms with van der Waals surface area (Å²) < 4.78 is 27.8. The van der Waals surface area contributed by atoms with Crippen LogP contribution in [0.4, 0.5) is 11.4 Å². The second-order valence-electron chi connectivity index (χ2n) is 4.19. The molecule has 1 aromatic rings. The lowest BCUT2D eigenvalue weighted by atomic mass is 10.2. The van der Waals surface area contributed by atoms with Crippen LogP contribution in [0.1, 0.15) is 6.42 Å². The van der Waals surface area contributed by atoms with Crippen LogP contribution in [0.3, 0.4) is 0 Å². The lowest BCUT2D eigenvalue weighted by molar-refractivity contribution is 0.205. The van der Waals surface area contributed by atoms with Gasteiger partial charge in [-0.1, -0.05) is 0 Å². The Labute approximate surface area is 118 Å². The topological polar surface area (TPSA) is 122 Å². The summed E-state index contributed by atoms with van der Waals surface area (Å²) in [6.45, 7) is 1.42. The molecule has 0 atom stereocenters. The fraction of sp³-hybridized carbons (Fsp3) is 0.417. The molecule has 1 rings (SSSR count). The van der Waals surface area contributed by atoms with Crippen LogP contribution < -0.4 is 15.8 Å². The monoisotopic (exact) mass is 298 g/mol. The van der Waals surface area contributed by atoms with Gasteiger partial charge in [0.1, 0.15) is 0 Å². The Morgan fingerprint density at radius 3 is 2.60 bits per heavy atom. The van der Waals surface area contributed by atoms with Gasteiger partial charge in [-0.3, -0.25) is 0 Å².